The molecule has 168 valence electrons. The van der Waals surface area contributed by atoms with Crippen molar-refractivity contribution in [2.75, 3.05) is 0 Å². The molecule has 3 rings (SSSR count). The van der Waals surface area contributed by atoms with Gasteiger partial charge in [0.1, 0.15) is 23.0 Å². The zero-order valence-corrected chi connectivity index (χ0v) is 18.9. The summed E-state index contributed by atoms with van der Waals surface area (Å²) in [5, 5.41) is 8.85. The first-order valence-corrected chi connectivity index (χ1v) is 10.5. The second-order valence-corrected chi connectivity index (χ2v) is 8.11. The van der Waals surface area contributed by atoms with Gasteiger partial charge in [0, 0.05) is 12.5 Å². The molecular weight excluding hydrogens is 489 g/mol. The average molecular weight is 509 g/mol. The summed E-state index contributed by atoms with van der Waals surface area (Å²) in [5.41, 5.74) is 1.92. The van der Waals surface area contributed by atoms with Crippen molar-refractivity contribution < 1.29 is 32.5 Å². The molecule has 0 fully saturated rings. The van der Waals surface area contributed by atoms with Crippen molar-refractivity contribution in [1.82, 2.24) is 0 Å². The van der Waals surface area contributed by atoms with Crippen molar-refractivity contribution in [1.29, 1.82) is 0 Å². The number of alkyl halides is 3. The molecule has 0 atom stereocenters. The molecule has 0 amide bonds. The van der Waals surface area contributed by atoms with Gasteiger partial charge in [-0.1, -0.05) is 12.1 Å². The van der Waals surface area contributed by atoms with Crippen LogP contribution in [0.25, 0.3) is 0 Å². The number of rotatable bonds is 7. The van der Waals surface area contributed by atoms with Gasteiger partial charge >= 0.3 is 12.1 Å². The molecule has 0 saturated heterocycles. The number of aliphatic carboxylic acids is 1. The van der Waals surface area contributed by atoms with Gasteiger partial charge in [0.15, 0.2) is 0 Å². The summed E-state index contributed by atoms with van der Waals surface area (Å²) in [6, 6.07) is 13.8. The molecule has 0 unspecified atom stereocenters. The summed E-state index contributed by atoms with van der Waals surface area (Å²) in [7, 11) is 0. The maximum absolute atomic E-state index is 12.9. The summed E-state index contributed by atoms with van der Waals surface area (Å²) in [6.07, 6.45) is -3.95. The number of benzene rings is 3. The van der Waals surface area contributed by atoms with E-state index in [-0.39, 0.29) is 16.6 Å². The number of aryl methyl sites for hydroxylation is 3. The Kier molecular flexibility index (Phi) is 7.13. The molecule has 3 aromatic rings. The number of hydrogen-bond acceptors (Lipinski definition) is 3. The lowest BCUT2D eigenvalue weighted by atomic mass is 10.0. The van der Waals surface area contributed by atoms with Crippen LogP contribution in [-0.2, 0) is 17.4 Å². The van der Waals surface area contributed by atoms with Crippen LogP contribution >= 0.6 is 15.9 Å². The summed E-state index contributed by atoms with van der Waals surface area (Å²) in [5.74, 6) is 0.907. The van der Waals surface area contributed by atoms with E-state index >= 15 is 0 Å². The summed E-state index contributed by atoms with van der Waals surface area (Å²) < 4.78 is 50.5. The van der Waals surface area contributed by atoms with Crippen LogP contribution in [0.3, 0.4) is 0 Å². The van der Waals surface area contributed by atoms with Crippen molar-refractivity contribution in [3.05, 3.63) is 81.3 Å². The Morgan fingerprint density at radius 1 is 0.906 bits per heavy atom. The minimum atomic E-state index is -4.44. The highest BCUT2D eigenvalue weighted by Gasteiger charge is 2.31. The van der Waals surface area contributed by atoms with E-state index in [2.05, 4.69) is 15.9 Å². The van der Waals surface area contributed by atoms with Crippen molar-refractivity contribution in [2.24, 2.45) is 0 Å². The van der Waals surface area contributed by atoms with Crippen LogP contribution in [0.1, 0.15) is 28.7 Å². The average Bonchev–Trinajstić information content (AvgIpc) is 2.70. The molecule has 0 heterocycles. The predicted molar refractivity (Wildman–Crippen MR) is 118 cm³/mol. The molecular formula is C24H20BrF3O4. The quantitative estimate of drug-likeness (QED) is 0.355. The zero-order valence-electron chi connectivity index (χ0n) is 17.3. The first kappa shape index (κ1) is 23.7. The van der Waals surface area contributed by atoms with Gasteiger partial charge in [0.05, 0.1) is 10.0 Å². The molecule has 0 aliphatic heterocycles. The van der Waals surface area contributed by atoms with E-state index in [1.54, 1.807) is 24.3 Å². The van der Waals surface area contributed by atoms with Gasteiger partial charge in [-0.05, 0) is 89.3 Å². The fourth-order valence-electron chi connectivity index (χ4n) is 3.02. The lowest BCUT2D eigenvalue weighted by Crippen LogP contribution is -2.04. The molecule has 0 saturated carbocycles. The molecule has 32 heavy (non-hydrogen) atoms. The van der Waals surface area contributed by atoms with Crippen LogP contribution in [0, 0.1) is 13.8 Å². The van der Waals surface area contributed by atoms with Gasteiger partial charge < -0.3 is 14.6 Å². The highest BCUT2D eigenvalue weighted by atomic mass is 79.9. The molecule has 1 N–H and O–H groups in total. The number of hydrogen-bond donors (Lipinski definition) is 1. The van der Waals surface area contributed by atoms with E-state index < -0.39 is 17.7 Å². The molecule has 3 aromatic carbocycles. The third-order valence-corrected chi connectivity index (χ3v) is 5.42. The van der Waals surface area contributed by atoms with E-state index in [0.29, 0.717) is 23.7 Å². The van der Waals surface area contributed by atoms with Crippen LogP contribution in [0.15, 0.2) is 59.1 Å². The number of carbonyl (C=O) groups is 1. The van der Waals surface area contributed by atoms with Crippen molar-refractivity contribution in [3.63, 3.8) is 0 Å². The molecule has 0 aliphatic rings. The van der Waals surface area contributed by atoms with Crippen LogP contribution in [-0.4, -0.2) is 11.1 Å². The van der Waals surface area contributed by atoms with E-state index in [1.807, 2.05) is 26.0 Å². The first-order valence-electron chi connectivity index (χ1n) is 9.67. The van der Waals surface area contributed by atoms with Crippen LogP contribution < -0.4 is 9.47 Å². The summed E-state index contributed by atoms with van der Waals surface area (Å²) >= 11 is 3.13. The molecule has 4 nitrogen and oxygen atoms in total. The maximum atomic E-state index is 12.9. The maximum Gasteiger partial charge on any atom is 0.416 e. The van der Waals surface area contributed by atoms with Gasteiger partial charge in [-0.25, -0.2) is 0 Å². The smallest absolute Gasteiger partial charge is 0.416 e. The summed E-state index contributed by atoms with van der Waals surface area (Å²) in [4.78, 5) is 10.8. The minimum Gasteiger partial charge on any atom is -0.481 e. The standard InChI is InChI=1S/C24H20BrF3O4/c1-14-3-7-19(31-21-9-6-17(12-20(21)25)24(26,27)28)13-22(14)32-18-8-4-16(15(2)11-18)5-10-23(29)30/h3-4,6-9,11-13H,5,10H2,1-2H3,(H,29,30). The van der Waals surface area contributed by atoms with Gasteiger partial charge in [-0.2, -0.15) is 13.2 Å². The SMILES string of the molecule is Cc1cc(Oc2cc(Oc3ccc(C(F)(F)F)cc3Br)ccc2C)ccc1CCC(=O)O. The zero-order chi connectivity index (χ0) is 23.5. The largest absolute Gasteiger partial charge is 0.481 e. The fraction of sp³-hybridized carbons (Fsp3) is 0.208. The normalized spacial score (nSPS) is 11.3. The Balaban J connectivity index is 1.78. The lowest BCUT2D eigenvalue weighted by molar-refractivity contribution is -0.138. The second kappa shape index (κ2) is 9.65. The Morgan fingerprint density at radius 2 is 1.56 bits per heavy atom. The molecule has 0 spiro atoms. The number of carboxylic acid groups (broad SMARTS) is 1. The monoisotopic (exact) mass is 508 g/mol. The Labute approximate surface area is 191 Å². The molecule has 0 radical (unpaired) electrons. The van der Waals surface area contributed by atoms with Gasteiger partial charge in [0.2, 0.25) is 0 Å². The van der Waals surface area contributed by atoms with E-state index in [1.165, 1.54) is 6.07 Å². The number of ether oxygens (including phenoxy) is 2. The number of halogens is 4. The van der Waals surface area contributed by atoms with E-state index in [9.17, 15) is 18.0 Å². The van der Waals surface area contributed by atoms with E-state index in [4.69, 9.17) is 14.6 Å². The molecule has 0 aromatic heterocycles. The topological polar surface area (TPSA) is 55.8 Å². The van der Waals surface area contributed by atoms with Crippen molar-refractivity contribution >= 4 is 21.9 Å². The highest BCUT2D eigenvalue weighted by Crippen LogP contribution is 2.38. The van der Waals surface area contributed by atoms with Gasteiger partial charge in [0.25, 0.3) is 0 Å². The fourth-order valence-corrected chi connectivity index (χ4v) is 3.48. The first-order chi connectivity index (χ1) is 15.0. The third kappa shape index (κ3) is 6.03. The van der Waals surface area contributed by atoms with Crippen molar-refractivity contribution in [2.45, 2.75) is 32.9 Å². The van der Waals surface area contributed by atoms with Crippen LogP contribution in [0.2, 0.25) is 0 Å². The summed E-state index contributed by atoms with van der Waals surface area (Å²) in [6.45, 7) is 3.75. The molecule has 0 aliphatic carbocycles. The molecule has 8 heteroatoms. The van der Waals surface area contributed by atoms with Crippen LogP contribution in [0.5, 0.6) is 23.0 Å². The van der Waals surface area contributed by atoms with Crippen molar-refractivity contribution in [3.8, 4) is 23.0 Å². The Morgan fingerprint density at radius 3 is 2.19 bits per heavy atom. The minimum absolute atomic E-state index is 0.0546. The number of carboxylic acids is 1. The van der Waals surface area contributed by atoms with E-state index in [0.717, 1.165) is 28.8 Å². The molecule has 0 bridgehead atoms. The van der Waals surface area contributed by atoms with Crippen LogP contribution in [0.4, 0.5) is 13.2 Å². The second-order valence-electron chi connectivity index (χ2n) is 7.26. The van der Waals surface area contributed by atoms with Gasteiger partial charge in [-0.3, -0.25) is 4.79 Å². The Bertz CT molecular complexity index is 1140. The Hall–Kier alpha value is -3.00. The third-order valence-electron chi connectivity index (χ3n) is 4.80. The lowest BCUT2D eigenvalue weighted by Gasteiger charge is -2.14. The predicted octanol–water partition coefficient (Wildman–Crippen LogP) is 7.69. The van der Waals surface area contributed by atoms with Gasteiger partial charge in [-0.15, -0.1) is 0 Å². The highest BCUT2D eigenvalue weighted by molar-refractivity contribution is 9.10.